The van der Waals surface area contributed by atoms with Gasteiger partial charge in [-0.1, -0.05) is 19.9 Å². The van der Waals surface area contributed by atoms with Gasteiger partial charge in [0.25, 0.3) is 0 Å². The van der Waals surface area contributed by atoms with Gasteiger partial charge in [-0.25, -0.2) is 0 Å². The molecule has 0 bridgehead atoms. The van der Waals surface area contributed by atoms with Gasteiger partial charge in [-0.3, -0.25) is 4.90 Å². The van der Waals surface area contributed by atoms with Crippen molar-refractivity contribution in [2.45, 2.75) is 32.9 Å². The Balaban J connectivity index is 2.51. The molecule has 2 atom stereocenters. The van der Waals surface area contributed by atoms with E-state index in [1.54, 1.807) is 7.11 Å². The predicted molar refractivity (Wildman–Crippen MR) is 76.9 cm³/mol. The van der Waals surface area contributed by atoms with Crippen LogP contribution < -0.4 is 15.2 Å². The molecule has 1 aliphatic heterocycles. The number of nitrogens with two attached hydrogens (primary N) is 1. The number of fused-ring (bicyclic) bond motifs is 1. The van der Waals surface area contributed by atoms with Crippen molar-refractivity contribution in [2.24, 2.45) is 5.73 Å². The van der Waals surface area contributed by atoms with Crippen LogP contribution in [0.5, 0.6) is 11.5 Å². The standard InChI is InChI=1S/C15H24N2O2/c1-5-17(6-2)14-11-7-10(3)8-13(18-4)15(11)19-9-12(14)16/h7-8,12,14H,5-6,9,16H2,1-4H3. The van der Waals surface area contributed by atoms with Crippen LogP contribution in [0, 0.1) is 6.92 Å². The molecule has 106 valence electrons. The van der Waals surface area contributed by atoms with Gasteiger partial charge < -0.3 is 15.2 Å². The van der Waals surface area contributed by atoms with E-state index in [2.05, 4.69) is 31.7 Å². The first kappa shape index (κ1) is 14.2. The Morgan fingerprint density at radius 3 is 2.63 bits per heavy atom. The molecule has 0 radical (unpaired) electrons. The first-order chi connectivity index (χ1) is 9.12. The van der Waals surface area contributed by atoms with Gasteiger partial charge in [0.05, 0.1) is 19.2 Å². The van der Waals surface area contributed by atoms with Gasteiger partial charge in [0.2, 0.25) is 0 Å². The SMILES string of the molecule is CCN(CC)C1c2cc(C)cc(OC)c2OCC1N. The molecule has 1 aromatic carbocycles. The average molecular weight is 264 g/mol. The van der Waals surface area contributed by atoms with E-state index in [-0.39, 0.29) is 12.1 Å². The van der Waals surface area contributed by atoms with Crippen molar-refractivity contribution < 1.29 is 9.47 Å². The van der Waals surface area contributed by atoms with Crippen molar-refractivity contribution in [1.82, 2.24) is 4.90 Å². The Morgan fingerprint density at radius 1 is 1.37 bits per heavy atom. The number of likely N-dealkylation sites (N-methyl/N-ethyl adjacent to an activating group) is 1. The minimum Gasteiger partial charge on any atom is -0.493 e. The van der Waals surface area contributed by atoms with Crippen LogP contribution in [0.4, 0.5) is 0 Å². The van der Waals surface area contributed by atoms with E-state index in [0.717, 1.165) is 30.2 Å². The molecule has 2 rings (SSSR count). The highest BCUT2D eigenvalue weighted by Gasteiger charge is 2.33. The molecular weight excluding hydrogens is 240 g/mol. The Bertz CT molecular complexity index is 444. The maximum atomic E-state index is 6.28. The van der Waals surface area contributed by atoms with Crippen molar-refractivity contribution in [1.29, 1.82) is 0 Å². The zero-order chi connectivity index (χ0) is 14.0. The Kier molecular flexibility index (Phi) is 4.32. The molecule has 19 heavy (non-hydrogen) atoms. The van der Waals surface area contributed by atoms with Crippen LogP contribution in [0.2, 0.25) is 0 Å². The smallest absolute Gasteiger partial charge is 0.166 e. The number of hydrogen-bond donors (Lipinski definition) is 1. The average Bonchev–Trinajstić information content (AvgIpc) is 2.41. The summed E-state index contributed by atoms with van der Waals surface area (Å²) < 4.78 is 11.2. The monoisotopic (exact) mass is 264 g/mol. The summed E-state index contributed by atoms with van der Waals surface area (Å²) in [6.45, 7) is 8.89. The fraction of sp³-hybridized carbons (Fsp3) is 0.600. The number of hydrogen-bond acceptors (Lipinski definition) is 4. The summed E-state index contributed by atoms with van der Waals surface area (Å²) in [5, 5.41) is 0. The third kappa shape index (κ3) is 2.55. The minimum absolute atomic E-state index is 0.00101. The van der Waals surface area contributed by atoms with Gasteiger partial charge in [-0.05, 0) is 31.6 Å². The number of ether oxygens (including phenoxy) is 2. The molecule has 4 heteroatoms. The highest BCUT2D eigenvalue weighted by atomic mass is 16.5. The number of methoxy groups -OCH3 is 1. The Morgan fingerprint density at radius 2 is 2.05 bits per heavy atom. The van der Waals surface area contributed by atoms with E-state index >= 15 is 0 Å². The normalized spacial score (nSPS) is 22.0. The molecular formula is C15H24N2O2. The first-order valence-electron chi connectivity index (χ1n) is 6.93. The molecule has 0 spiro atoms. The Hall–Kier alpha value is -1.26. The van der Waals surface area contributed by atoms with Crippen LogP contribution in [0.3, 0.4) is 0 Å². The Labute approximate surface area is 115 Å². The lowest BCUT2D eigenvalue weighted by molar-refractivity contribution is 0.125. The molecule has 2 N–H and O–H groups in total. The van der Waals surface area contributed by atoms with Gasteiger partial charge in [0.15, 0.2) is 11.5 Å². The van der Waals surface area contributed by atoms with Gasteiger partial charge >= 0.3 is 0 Å². The second-order valence-electron chi connectivity index (χ2n) is 5.03. The first-order valence-corrected chi connectivity index (χ1v) is 6.93. The maximum Gasteiger partial charge on any atom is 0.166 e. The predicted octanol–water partition coefficient (Wildman–Crippen LogP) is 2.11. The molecule has 2 unspecified atom stereocenters. The van der Waals surface area contributed by atoms with Crippen molar-refractivity contribution in [3.8, 4) is 11.5 Å². The lowest BCUT2D eigenvalue weighted by Crippen LogP contribution is -2.47. The highest BCUT2D eigenvalue weighted by molar-refractivity contribution is 5.52. The molecule has 0 fully saturated rings. The molecule has 1 heterocycles. The second kappa shape index (κ2) is 5.80. The van der Waals surface area contributed by atoms with E-state index < -0.39 is 0 Å². The summed E-state index contributed by atoms with van der Waals surface area (Å²) in [5.74, 6) is 1.66. The van der Waals surface area contributed by atoms with Crippen molar-refractivity contribution in [2.75, 3.05) is 26.8 Å². The highest BCUT2D eigenvalue weighted by Crippen LogP contribution is 2.42. The topological polar surface area (TPSA) is 47.7 Å². The lowest BCUT2D eigenvalue weighted by Gasteiger charge is -2.39. The van der Waals surface area contributed by atoms with Crippen LogP contribution in [0.1, 0.15) is 31.0 Å². The third-order valence-corrected chi connectivity index (χ3v) is 3.80. The largest absolute Gasteiger partial charge is 0.493 e. The fourth-order valence-corrected chi connectivity index (χ4v) is 2.88. The van der Waals surface area contributed by atoms with Crippen LogP contribution in [0.15, 0.2) is 12.1 Å². The van der Waals surface area contributed by atoms with Crippen LogP contribution >= 0.6 is 0 Å². The van der Waals surface area contributed by atoms with Crippen molar-refractivity contribution in [3.05, 3.63) is 23.3 Å². The molecule has 0 saturated carbocycles. The summed E-state index contributed by atoms with van der Waals surface area (Å²) in [6, 6.07) is 4.38. The summed E-state index contributed by atoms with van der Waals surface area (Å²) in [7, 11) is 1.68. The molecule has 0 aliphatic carbocycles. The summed E-state index contributed by atoms with van der Waals surface area (Å²) in [6.07, 6.45) is 0. The van der Waals surface area contributed by atoms with Gasteiger partial charge in [-0.2, -0.15) is 0 Å². The fourth-order valence-electron chi connectivity index (χ4n) is 2.88. The maximum absolute atomic E-state index is 6.28. The third-order valence-electron chi connectivity index (χ3n) is 3.80. The van der Waals surface area contributed by atoms with E-state index in [4.69, 9.17) is 15.2 Å². The van der Waals surface area contributed by atoms with Crippen molar-refractivity contribution in [3.63, 3.8) is 0 Å². The molecule has 0 saturated heterocycles. The summed E-state index contributed by atoms with van der Waals surface area (Å²) in [5.41, 5.74) is 8.60. The van der Waals surface area contributed by atoms with Gasteiger partial charge in [0.1, 0.15) is 6.61 Å². The molecule has 4 nitrogen and oxygen atoms in total. The number of aryl methyl sites for hydroxylation is 1. The van der Waals surface area contributed by atoms with Gasteiger partial charge in [-0.15, -0.1) is 0 Å². The molecule has 0 amide bonds. The number of benzene rings is 1. The van der Waals surface area contributed by atoms with Crippen molar-refractivity contribution >= 4 is 0 Å². The molecule has 0 aromatic heterocycles. The minimum atomic E-state index is -0.00101. The lowest BCUT2D eigenvalue weighted by atomic mass is 9.93. The zero-order valence-electron chi connectivity index (χ0n) is 12.3. The molecule has 1 aliphatic rings. The van der Waals surface area contributed by atoms with E-state index in [9.17, 15) is 0 Å². The molecule has 1 aromatic rings. The van der Waals surface area contributed by atoms with Gasteiger partial charge in [0, 0.05) is 5.56 Å². The summed E-state index contributed by atoms with van der Waals surface area (Å²) >= 11 is 0. The van der Waals surface area contributed by atoms with Crippen LogP contribution in [-0.2, 0) is 0 Å². The number of nitrogens with zero attached hydrogens (tertiary/aromatic N) is 1. The zero-order valence-corrected chi connectivity index (χ0v) is 12.3. The van der Waals surface area contributed by atoms with E-state index in [1.165, 1.54) is 5.56 Å². The summed E-state index contributed by atoms with van der Waals surface area (Å²) in [4.78, 5) is 2.38. The van der Waals surface area contributed by atoms with Crippen LogP contribution in [0.25, 0.3) is 0 Å². The second-order valence-corrected chi connectivity index (χ2v) is 5.03. The van der Waals surface area contributed by atoms with E-state index in [0.29, 0.717) is 6.61 Å². The number of rotatable bonds is 4. The van der Waals surface area contributed by atoms with Crippen LogP contribution in [-0.4, -0.2) is 37.7 Å². The van der Waals surface area contributed by atoms with E-state index in [1.807, 2.05) is 6.07 Å². The quantitative estimate of drug-likeness (QED) is 0.905.